The number of carbonyl (C=O) groups excluding carboxylic acids is 2. The Balaban J connectivity index is 1.31. The number of ether oxygens (including phenoxy) is 1. The lowest BCUT2D eigenvalue weighted by Gasteiger charge is -2.40. The Labute approximate surface area is 244 Å². The zero-order valence-electron chi connectivity index (χ0n) is 23.7. The lowest BCUT2D eigenvalue weighted by atomic mass is 9.81. The van der Waals surface area contributed by atoms with Gasteiger partial charge in [-0.2, -0.15) is 13.2 Å². The van der Waals surface area contributed by atoms with Gasteiger partial charge in [0, 0.05) is 46.0 Å². The van der Waals surface area contributed by atoms with Crippen LogP contribution >= 0.6 is 11.6 Å². The monoisotopic (exact) mass is 594 g/mol. The summed E-state index contributed by atoms with van der Waals surface area (Å²) >= 11 is 6.40. The van der Waals surface area contributed by atoms with Crippen molar-refractivity contribution in [3.8, 4) is 5.75 Å². The average molecular weight is 595 g/mol. The molecule has 0 aromatic heterocycles. The molecule has 41 heavy (non-hydrogen) atoms. The number of carbonyl (C=O) groups is 2. The first-order valence-corrected chi connectivity index (χ1v) is 14.3. The Hall–Kier alpha value is -2.98. The number of anilines is 1. The van der Waals surface area contributed by atoms with E-state index in [9.17, 15) is 22.8 Å². The molecule has 2 amide bonds. The highest BCUT2D eigenvalue weighted by Gasteiger charge is 2.60. The van der Waals surface area contributed by atoms with Crippen LogP contribution < -0.4 is 15.4 Å². The van der Waals surface area contributed by atoms with Crippen molar-refractivity contribution in [3.05, 3.63) is 58.6 Å². The minimum absolute atomic E-state index is 0.135. The molecule has 2 saturated heterocycles. The van der Waals surface area contributed by atoms with Crippen LogP contribution in [0.25, 0.3) is 0 Å². The number of methoxy groups -OCH3 is 1. The van der Waals surface area contributed by atoms with Gasteiger partial charge < -0.3 is 25.2 Å². The molecule has 1 atom stereocenters. The highest BCUT2D eigenvalue weighted by Crippen LogP contribution is 2.41. The van der Waals surface area contributed by atoms with Gasteiger partial charge in [-0.05, 0) is 79.8 Å². The van der Waals surface area contributed by atoms with Crippen molar-refractivity contribution in [3.63, 3.8) is 0 Å². The molecule has 0 spiro atoms. The van der Waals surface area contributed by atoms with Gasteiger partial charge in [0.25, 0.3) is 11.8 Å². The van der Waals surface area contributed by atoms with Crippen molar-refractivity contribution < 1.29 is 27.5 Å². The summed E-state index contributed by atoms with van der Waals surface area (Å²) in [7, 11) is 4.73. The fraction of sp³-hybridized carbons (Fsp3) is 0.533. The van der Waals surface area contributed by atoms with E-state index in [0.717, 1.165) is 38.0 Å². The van der Waals surface area contributed by atoms with E-state index in [4.69, 9.17) is 22.1 Å². The first-order chi connectivity index (χ1) is 19.3. The number of benzene rings is 2. The smallest absolute Gasteiger partial charge is 0.419 e. The lowest BCUT2D eigenvalue weighted by Crippen LogP contribution is -2.62. The number of nitrogens with two attached hydrogens (primary N) is 1. The number of rotatable bonds is 7. The SMILES string of the molecule is COc1cccc([C@@](N)(C(=O)N2CCC(CC3CCN(c4ccc(C(=O)N(C)C)c(Cl)c4)CC3)CC2)C(F)(F)F)c1. The van der Waals surface area contributed by atoms with Gasteiger partial charge in [0.15, 0.2) is 0 Å². The first kappa shape index (κ1) is 31.0. The fourth-order valence-corrected chi connectivity index (χ4v) is 6.17. The number of alkyl halides is 3. The molecule has 2 N–H and O–H groups in total. The molecule has 0 aliphatic carbocycles. The molecular formula is C30H38ClF3N4O3. The summed E-state index contributed by atoms with van der Waals surface area (Å²) in [5, 5.41) is 0.433. The number of hydrogen-bond acceptors (Lipinski definition) is 5. The number of amides is 2. The van der Waals surface area contributed by atoms with Crippen LogP contribution in [-0.2, 0) is 10.3 Å². The molecule has 0 unspecified atom stereocenters. The lowest BCUT2D eigenvalue weighted by molar-refractivity contribution is -0.201. The molecule has 0 saturated carbocycles. The van der Waals surface area contributed by atoms with Gasteiger partial charge in [-0.25, -0.2) is 0 Å². The van der Waals surface area contributed by atoms with Crippen molar-refractivity contribution >= 4 is 29.1 Å². The molecular weight excluding hydrogens is 557 g/mol. The van der Waals surface area contributed by atoms with E-state index in [-0.39, 0.29) is 30.3 Å². The average Bonchev–Trinajstić information content (AvgIpc) is 2.96. The number of likely N-dealkylation sites (tertiary alicyclic amines) is 1. The third-order valence-corrected chi connectivity index (χ3v) is 8.76. The summed E-state index contributed by atoms with van der Waals surface area (Å²) in [6.07, 6.45) is -0.705. The Morgan fingerprint density at radius 3 is 2.15 bits per heavy atom. The van der Waals surface area contributed by atoms with E-state index in [0.29, 0.717) is 35.3 Å². The molecule has 2 fully saturated rings. The van der Waals surface area contributed by atoms with Crippen LogP contribution in [0.1, 0.15) is 48.0 Å². The quantitative estimate of drug-likeness (QED) is 0.470. The molecule has 2 aliphatic heterocycles. The van der Waals surface area contributed by atoms with Crippen molar-refractivity contribution in [1.29, 1.82) is 0 Å². The van der Waals surface area contributed by atoms with Gasteiger partial charge in [-0.1, -0.05) is 23.7 Å². The summed E-state index contributed by atoms with van der Waals surface area (Å²) in [4.78, 5) is 30.6. The normalized spacial score (nSPS) is 18.6. The summed E-state index contributed by atoms with van der Waals surface area (Å²) in [6.45, 7) is 2.22. The van der Waals surface area contributed by atoms with Crippen LogP contribution in [0.4, 0.5) is 18.9 Å². The van der Waals surface area contributed by atoms with Gasteiger partial charge in [-0.15, -0.1) is 0 Å². The maximum absolute atomic E-state index is 14.2. The number of hydrogen-bond donors (Lipinski definition) is 1. The van der Waals surface area contributed by atoms with E-state index < -0.39 is 17.6 Å². The standard InChI is InChI=1S/C30H38ClF3N4O3/c1-36(2)27(39)25-8-7-23(19-26(25)31)37-13-9-20(10-14-37)17-21-11-15-38(16-12-21)28(40)29(35,30(32,33)34)22-5-4-6-24(18-22)41-3/h4-8,18-21H,9-17,35H2,1-3H3/t29-/m1/s1. The highest BCUT2D eigenvalue weighted by atomic mass is 35.5. The maximum atomic E-state index is 14.2. The largest absolute Gasteiger partial charge is 0.497 e. The molecule has 2 aromatic rings. The second-order valence-corrected chi connectivity index (χ2v) is 11.7. The second kappa shape index (κ2) is 12.5. The zero-order chi connectivity index (χ0) is 29.9. The second-order valence-electron chi connectivity index (χ2n) is 11.3. The summed E-state index contributed by atoms with van der Waals surface area (Å²) in [6, 6.07) is 10.9. The van der Waals surface area contributed by atoms with Crippen LogP contribution in [-0.4, -0.2) is 75.2 Å². The van der Waals surface area contributed by atoms with Crippen molar-refractivity contribution in [2.24, 2.45) is 17.6 Å². The Kier molecular flexibility index (Phi) is 9.43. The molecule has 4 rings (SSSR count). The molecule has 0 bridgehead atoms. The van der Waals surface area contributed by atoms with Crippen LogP contribution in [0, 0.1) is 11.8 Å². The van der Waals surface area contributed by atoms with Gasteiger partial charge >= 0.3 is 6.18 Å². The Morgan fingerprint density at radius 1 is 1.00 bits per heavy atom. The van der Waals surface area contributed by atoms with Crippen molar-refractivity contribution in [2.45, 2.75) is 43.8 Å². The minimum Gasteiger partial charge on any atom is -0.497 e. The van der Waals surface area contributed by atoms with Crippen LogP contribution in [0.5, 0.6) is 5.75 Å². The molecule has 224 valence electrons. The molecule has 7 nitrogen and oxygen atoms in total. The van der Waals surface area contributed by atoms with Gasteiger partial charge in [-0.3, -0.25) is 9.59 Å². The molecule has 0 radical (unpaired) electrons. The highest BCUT2D eigenvalue weighted by molar-refractivity contribution is 6.34. The van der Waals surface area contributed by atoms with Gasteiger partial charge in [0.2, 0.25) is 5.54 Å². The molecule has 2 aliphatic rings. The summed E-state index contributed by atoms with van der Waals surface area (Å²) in [5.41, 5.74) is 3.88. The van der Waals surface area contributed by atoms with Crippen molar-refractivity contribution in [1.82, 2.24) is 9.80 Å². The topological polar surface area (TPSA) is 79.1 Å². The van der Waals surface area contributed by atoms with E-state index in [1.807, 2.05) is 12.1 Å². The molecule has 2 aromatic carbocycles. The number of nitrogens with zero attached hydrogens (tertiary/aromatic N) is 3. The zero-order valence-corrected chi connectivity index (χ0v) is 24.5. The van der Waals surface area contributed by atoms with Gasteiger partial charge in [0.1, 0.15) is 5.75 Å². The van der Waals surface area contributed by atoms with Crippen LogP contribution in [0.3, 0.4) is 0 Å². The predicted molar refractivity (Wildman–Crippen MR) is 153 cm³/mol. The third kappa shape index (κ3) is 6.59. The third-order valence-electron chi connectivity index (χ3n) is 8.45. The maximum Gasteiger partial charge on any atom is 0.419 e. The van der Waals surface area contributed by atoms with Crippen molar-refractivity contribution in [2.75, 3.05) is 52.3 Å². The first-order valence-electron chi connectivity index (χ1n) is 13.9. The van der Waals surface area contributed by atoms with E-state index in [2.05, 4.69) is 4.90 Å². The number of piperidine rings is 2. The molecule has 2 heterocycles. The summed E-state index contributed by atoms with van der Waals surface area (Å²) in [5.74, 6) is -0.204. The van der Waals surface area contributed by atoms with Crippen LogP contribution in [0.2, 0.25) is 5.02 Å². The van der Waals surface area contributed by atoms with E-state index in [1.165, 1.54) is 41.2 Å². The Bertz CT molecular complexity index is 1240. The van der Waals surface area contributed by atoms with E-state index >= 15 is 0 Å². The predicted octanol–water partition coefficient (Wildman–Crippen LogP) is 5.31. The van der Waals surface area contributed by atoms with Gasteiger partial charge in [0.05, 0.1) is 17.7 Å². The fourth-order valence-electron chi connectivity index (χ4n) is 5.91. The summed E-state index contributed by atoms with van der Waals surface area (Å²) < 4.78 is 47.8. The Morgan fingerprint density at radius 2 is 1.61 bits per heavy atom. The molecule has 11 heteroatoms. The number of halogens is 4. The van der Waals surface area contributed by atoms with Crippen LogP contribution in [0.15, 0.2) is 42.5 Å². The minimum atomic E-state index is -4.96. The van der Waals surface area contributed by atoms with E-state index in [1.54, 1.807) is 20.2 Å².